The SMILES string of the molecule is COc1cc(C(=O)OCc2csc(N(C(C)=O)c3cccc(C)c3C)n2)cc(OC)c1C. The van der Waals surface area contributed by atoms with Crippen molar-refractivity contribution in [2.45, 2.75) is 34.3 Å². The molecule has 1 amide bonds. The van der Waals surface area contributed by atoms with Gasteiger partial charge in [-0.25, -0.2) is 9.78 Å². The van der Waals surface area contributed by atoms with Gasteiger partial charge >= 0.3 is 5.97 Å². The maximum Gasteiger partial charge on any atom is 0.338 e. The van der Waals surface area contributed by atoms with Gasteiger partial charge in [-0.1, -0.05) is 12.1 Å². The van der Waals surface area contributed by atoms with Gasteiger partial charge in [-0.2, -0.15) is 0 Å². The summed E-state index contributed by atoms with van der Waals surface area (Å²) < 4.78 is 16.1. The van der Waals surface area contributed by atoms with E-state index in [2.05, 4.69) is 4.98 Å². The number of nitrogens with zero attached hydrogens (tertiary/aromatic N) is 2. The standard InChI is InChI=1S/C24H26N2O5S/c1-14-8-7-9-20(15(14)2)26(17(4)27)24-25-19(13-32-24)12-31-23(28)18-10-21(29-5)16(3)22(11-18)30-6/h7-11,13H,12H2,1-6H3. The van der Waals surface area contributed by atoms with E-state index < -0.39 is 5.97 Å². The molecule has 0 radical (unpaired) electrons. The highest BCUT2D eigenvalue weighted by Gasteiger charge is 2.21. The van der Waals surface area contributed by atoms with Gasteiger partial charge in [0.05, 0.1) is 31.2 Å². The Kier molecular flexibility index (Phi) is 7.15. The second-order valence-electron chi connectivity index (χ2n) is 7.28. The molecule has 0 unspecified atom stereocenters. The molecule has 0 saturated carbocycles. The predicted molar refractivity (Wildman–Crippen MR) is 124 cm³/mol. The van der Waals surface area contributed by atoms with Crippen molar-refractivity contribution in [3.8, 4) is 11.5 Å². The number of benzene rings is 2. The first-order valence-electron chi connectivity index (χ1n) is 9.97. The number of hydrogen-bond donors (Lipinski definition) is 0. The van der Waals surface area contributed by atoms with Crippen LogP contribution in [0.5, 0.6) is 11.5 Å². The summed E-state index contributed by atoms with van der Waals surface area (Å²) in [5, 5.41) is 2.30. The molecule has 3 aromatic rings. The summed E-state index contributed by atoms with van der Waals surface area (Å²) in [6.07, 6.45) is 0. The number of hydrogen-bond acceptors (Lipinski definition) is 7. The number of rotatable bonds is 7. The lowest BCUT2D eigenvalue weighted by molar-refractivity contribution is -0.115. The monoisotopic (exact) mass is 454 g/mol. The van der Waals surface area contributed by atoms with Crippen molar-refractivity contribution in [3.05, 3.63) is 63.7 Å². The number of carbonyl (C=O) groups is 2. The summed E-state index contributed by atoms with van der Waals surface area (Å²) in [7, 11) is 3.06. The maximum atomic E-state index is 12.6. The number of aryl methyl sites for hydroxylation is 1. The Labute approximate surface area is 191 Å². The minimum absolute atomic E-state index is 0.0214. The number of esters is 1. The minimum atomic E-state index is -0.519. The number of carbonyl (C=O) groups excluding carboxylic acids is 2. The van der Waals surface area contributed by atoms with Gasteiger partial charge in [-0.05, 0) is 50.1 Å². The molecule has 8 heteroatoms. The first-order chi connectivity index (χ1) is 15.3. The van der Waals surface area contributed by atoms with E-state index in [1.165, 1.54) is 32.5 Å². The van der Waals surface area contributed by atoms with E-state index >= 15 is 0 Å². The molecule has 0 spiro atoms. The summed E-state index contributed by atoms with van der Waals surface area (Å²) in [5.41, 5.74) is 4.55. The molecule has 0 aliphatic rings. The zero-order chi connectivity index (χ0) is 23.4. The fourth-order valence-corrected chi connectivity index (χ4v) is 4.14. The summed E-state index contributed by atoms with van der Waals surface area (Å²) in [5.74, 6) is 0.417. The molecule has 0 fully saturated rings. The van der Waals surface area contributed by atoms with Crippen molar-refractivity contribution in [2.75, 3.05) is 19.1 Å². The normalized spacial score (nSPS) is 10.6. The van der Waals surface area contributed by atoms with Crippen LogP contribution in [-0.4, -0.2) is 31.1 Å². The van der Waals surface area contributed by atoms with Crippen LogP contribution in [0, 0.1) is 20.8 Å². The first-order valence-corrected chi connectivity index (χ1v) is 10.9. The van der Waals surface area contributed by atoms with Crippen molar-refractivity contribution in [2.24, 2.45) is 0 Å². The van der Waals surface area contributed by atoms with Gasteiger partial charge < -0.3 is 14.2 Å². The Hall–Kier alpha value is -3.39. The molecule has 3 rings (SSSR count). The van der Waals surface area contributed by atoms with Gasteiger partial charge in [0, 0.05) is 17.9 Å². The molecule has 0 bridgehead atoms. The van der Waals surface area contributed by atoms with Crippen LogP contribution in [0.4, 0.5) is 10.8 Å². The van der Waals surface area contributed by atoms with Crippen LogP contribution in [0.1, 0.15) is 39.7 Å². The van der Waals surface area contributed by atoms with Crippen LogP contribution in [0.2, 0.25) is 0 Å². The zero-order valence-electron chi connectivity index (χ0n) is 19.0. The number of amides is 1. The van der Waals surface area contributed by atoms with E-state index in [-0.39, 0.29) is 12.5 Å². The van der Waals surface area contributed by atoms with E-state index in [1.807, 2.05) is 39.0 Å². The third kappa shape index (κ3) is 4.75. The smallest absolute Gasteiger partial charge is 0.338 e. The highest BCUT2D eigenvalue weighted by atomic mass is 32.1. The first kappa shape index (κ1) is 23.3. The minimum Gasteiger partial charge on any atom is -0.496 e. The Bertz CT molecular complexity index is 1130. The molecular weight excluding hydrogens is 428 g/mol. The maximum absolute atomic E-state index is 12.6. The van der Waals surface area contributed by atoms with Gasteiger partial charge in [0.1, 0.15) is 18.1 Å². The second kappa shape index (κ2) is 9.82. The molecule has 0 aliphatic carbocycles. The summed E-state index contributed by atoms with van der Waals surface area (Å²) in [6.45, 7) is 7.30. The number of thiazole rings is 1. The van der Waals surface area contributed by atoms with Crippen molar-refractivity contribution in [1.29, 1.82) is 0 Å². The molecule has 7 nitrogen and oxygen atoms in total. The van der Waals surface area contributed by atoms with E-state index in [0.717, 1.165) is 22.4 Å². The Morgan fingerprint density at radius 1 is 1.03 bits per heavy atom. The molecule has 1 aromatic heterocycles. The Morgan fingerprint density at radius 3 is 2.28 bits per heavy atom. The fraction of sp³-hybridized carbons (Fsp3) is 0.292. The Morgan fingerprint density at radius 2 is 1.69 bits per heavy atom. The molecule has 32 heavy (non-hydrogen) atoms. The highest BCUT2D eigenvalue weighted by molar-refractivity contribution is 7.14. The van der Waals surface area contributed by atoms with Gasteiger partial charge in [0.2, 0.25) is 5.91 Å². The molecule has 0 N–H and O–H groups in total. The number of aromatic nitrogens is 1. The largest absolute Gasteiger partial charge is 0.496 e. The van der Waals surface area contributed by atoms with Crippen molar-refractivity contribution in [3.63, 3.8) is 0 Å². The van der Waals surface area contributed by atoms with Crippen molar-refractivity contribution >= 4 is 34.0 Å². The lowest BCUT2D eigenvalue weighted by Gasteiger charge is -2.21. The van der Waals surface area contributed by atoms with E-state index in [0.29, 0.717) is 27.9 Å². The summed E-state index contributed by atoms with van der Waals surface area (Å²) in [4.78, 5) is 31.1. The van der Waals surface area contributed by atoms with Gasteiger partial charge in [-0.3, -0.25) is 9.69 Å². The molecule has 1 heterocycles. The lowest BCUT2D eigenvalue weighted by atomic mass is 10.1. The van der Waals surface area contributed by atoms with Crippen LogP contribution in [0.15, 0.2) is 35.7 Å². The highest BCUT2D eigenvalue weighted by Crippen LogP contribution is 2.33. The van der Waals surface area contributed by atoms with Gasteiger partial charge in [0.25, 0.3) is 0 Å². The average Bonchev–Trinajstić information content (AvgIpc) is 3.23. The third-order valence-electron chi connectivity index (χ3n) is 5.20. The van der Waals surface area contributed by atoms with E-state index in [9.17, 15) is 9.59 Å². The fourth-order valence-electron chi connectivity index (χ4n) is 3.28. The van der Waals surface area contributed by atoms with Crippen molar-refractivity contribution in [1.82, 2.24) is 4.98 Å². The van der Waals surface area contributed by atoms with Gasteiger partial charge in [-0.15, -0.1) is 11.3 Å². The quantitative estimate of drug-likeness (QED) is 0.461. The van der Waals surface area contributed by atoms with Crippen LogP contribution in [0.25, 0.3) is 0 Å². The molecular formula is C24H26N2O5S. The van der Waals surface area contributed by atoms with Crippen LogP contribution in [-0.2, 0) is 16.1 Å². The average molecular weight is 455 g/mol. The number of ether oxygens (including phenoxy) is 3. The summed E-state index contributed by atoms with van der Waals surface area (Å²) >= 11 is 1.32. The van der Waals surface area contributed by atoms with Crippen LogP contribution >= 0.6 is 11.3 Å². The lowest BCUT2D eigenvalue weighted by Crippen LogP contribution is -2.23. The van der Waals surface area contributed by atoms with E-state index in [1.54, 1.807) is 22.4 Å². The Balaban J connectivity index is 1.78. The zero-order valence-corrected chi connectivity index (χ0v) is 19.8. The van der Waals surface area contributed by atoms with Crippen molar-refractivity contribution < 1.29 is 23.8 Å². The molecule has 168 valence electrons. The molecule has 0 atom stereocenters. The van der Waals surface area contributed by atoms with Crippen LogP contribution in [0.3, 0.4) is 0 Å². The topological polar surface area (TPSA) is 78.0 Å². The van der Waals surface area contributed by atoms with Crippen LogP contribution < -0.4 is 14.4 Å². The second-order valence-corrected chi connectivity index (χ2v) is 8.11. The van der Waals surface area contributed by atoms with Gasteiger partial charge in [0.15, 0.2) is 5.13 Å². The number of anilines is 2. The summed E-state index contributed by atoms with van der Waals surface area (Å²) in [6, 6.07) is 9.03. The molecule has 2 aromatic carbocycles. The molecule has 0 saturated heterocycles. The van der Waals surface area contributed by atoms with E-state index in [4.69, 9.17) is 14.2 Å². The number of methoxy groups -OCH3 is 2. The molecule has 0 aliphatic heterocycles. The third-order valence-corrected chi connectivity index (χ3v) is 6.08. The predicted octanol–water partition coefficient (Wildman–Crippen LogP) is 5.13.